The van der Waals surface area contributed by atoms with Crippen molar-refractivity contribution in [3.8, 4) is 5.75 Å². The second-order valence-electron chi connectivity index (χ2n) is 5.89. The van der Waals surface area contributed by atoms with Crippen molar-refractivity contribution in [2.75, 3.05) is 13.7 Å². The highest BCUT2D eigenvalue weighted by molar-refractivity contribution is 6.02. The van der Waals surface area contributed by atoms with Gasteiger partial charge in [-0.2, -0.15) is 0 Å². The number of benzene rings is 1. The Balaban J connectivity index is 1.91. The van der Waals surface area contributed by atoms with Crippen LogP contribution in [-0.4, -0.2) is 30.3 Å². The Morgan fingerprint density at radius 2 is 2.00 bits per heavy atom. The van der Waals surface area contributed by atoms with Crippen molar-refractivity contribution in [1.29, 1.82) is 0 Å². The van der Waals surface area contributed by atoms with E-state index in [0.29, 0.717) is 23.4 Å². The Kier molecular flexibility index (Phi) is 5.79. The van der Waals surface area contributed by atoms with Crippen LogP contribution in [0.3, 0.4) is 0 Å². The third kappa shape index (κ3) is 4.04. The fraction of sp³-hybridized carbons (Fsp3) is 0.368. The first-order valence-electron chi connectivity index (χ1n) is 8.05. The number of aryl methyl sites for hydroxylation is 2. The summed E-state index contributed by atoms with van der Waals surface area (Å²) in [6.07, 6.45) is 1.70. The van der Waals surface area contributed by atoms with E-state index in [1.807, 2.05) is 31.2 Å². The lowest BCUT2D eigenvalue weighted by molar-refractivity contribution is 0.0952. The van der Waals surface area contributed by atoms with Crippen molar-refractivity contribution in [3.05, 3.63) is 52.3 Å². The van der Waals surface area contributed by atoms with Gasteiger partial charge in [0, 0.05) is 19.2 Å². The number of ether oxygens (including phenoxy) is 1. The molecule has 0 bridgehead atoms. The molecule has 1 amide bonds. The van der Waals surface area contributed by atoms with Gasteiger partial charge in [-0.1, -0.05) is 12.1 Å². The van der Waals surface area contributed by atoms with Crippen molar-refractivity contribution >= 4 is 11.7 Å². The molecule has 0 fully saturated rings. The van der Waals surface area contributed by atoms with E-state index in [4.69, 9.17) is 4.74 Å². The van der Waals surface area contributed by atoms with E-state index in [0.717, 1.165) is 24.3 Å². The fourth-order valence-electron chi connectivity index (χ4n) is 2.85. The molecule has 128 valence electrons. The SMILES string of the molecule is COc1cccc(CCCNC(=O)c2c(C)[nH]c(C(C)=O)c2C)c1. The maximum absolute atomic E-state index is 12.4. The van der Waals surface area contributed by atoms with Crippen LogP contribution < -0.4 is 10.1 Å². The Hall–Kier alpha value is -2.56. The number of carbonyl (C=O) groups excluding carboxylic acids is 2. The molecule has 0 aliphatic heterocycles. The molecule has 0 aliphatic rings. The molecule has 2 aromatic rings. The number of aromatic amines is 1. The summed E-state index contributed by atoms with van der Waals surface area (Å²) in [4.78, 5) is 26.9. The average molecular weight is 328 g/mol. The predicted molar refractivity (Wildman–Crippen MR) is 93.9 cm³/mol. The van der Waals surface area contributed by atoms with E-state index in [9.17, 15) is 9.59 Å². The van der Waals surface area contributed by atoms with Gasteiger partial charge in [-0.05, 0) is 49.9 Å². The summed E-state index contributed by atoms with van der Waals surface area (Å²) in [5.74, 6) is 0.638. The van der Waals surface area contributed by atoms with Crippen LogP contribution >= 0.6 is 0 Å². The molecule has 2 rings (SSSR count). The van der Waals surface area contributed by atoms with E-state index in [1.165, 1.54) is 12.5 Å². The molecule has 0 atom stereocenters. The number of hydrogen-bond donors (Lipinski definition) is 2. The van der Waals surface area contributed by atoms with Crippen molar-refractivity contribution in [2.45, 2.75) is 33.6 Å². The summed E-state index contributed by atoms with van der Waals surface area (Å²) in [6, 6.07) is 7.92. The molecule has 2 N–H and O–H groups in total. The standard InChI is InChI=1S/C19H24N2O3/c1-12-17(13(2)21-18(12)14(3)22)19(23)20-10-6-8-15-7-5-9-16(11-15)24-4/h5,7,9,11,21H,6,8,10H2,1-4H3,(H,20,23). The third-order valence-electron chi connectivity index (χ3n) is 4.08. The van der Waals surface area contributed by atoms with Crippen molar-refractivity contribution < 1.29 is 14.3 Å². The van der Waals surface area contributed by atoms with E-state index in [-0.39, 0.29) is 11.7 Å². The maximum Gasteiger partial charge on any atom is 0.253 e. The smallest absolute Gasteiger partial charge is 0.253 e. The van der Waals surface area contributed by atoms with Crippen LogP contribution in [0, 0.1) is 13.8 Å². The molecule has 5 heteroatoms. The highest BCUT2D eigenvalue weighted by Gasteiger charge is 2.19. The lowest BCUT2D eigenvalue weighted by atomic mass is 10.1. The molecule has 0 aliphatic carbocycles. The minimum Gasteiger partial charge on any atom is -0.497 e. The molecule has 0 radical (unpaired) electrons. The molecule has 1 aromatic carbocycles. The molecule has 1 heterocycles. The second kappa shape index (κ2) is 7.81. The second-order valence-corrected chi connectivity index (χ2v) is 5.89. The molecule has 0 saturated carbocycles. The largest absolute Gasteiger partial charge is 0.497 e. The number of nitrogens with one attached hydrogen (secondary N) is 2. The summed E-state index contributed by atoms with van der Waals surface area (Å²) in [7, 11) is 1.65. The minimum atomic E-state index is -0.139. The van der Waals surface area contributed by atoms with Crippen LogP contribution in [0.1, 0.15) is 51.0 Å². The summed E-state index contributed by atoms with van der Waals surface area (Å²) in [5.41, 5.74) is 3.69. The number of amides is 1. The van der Waals surface area contributed by atoms with Crippen molar-refractivity contribution in [2.24, 2.45) is 0 Å². The molecule has 5 nitrogen and oxygen atoms in total. The Morgan fingerprint density at radius 3 is 2.62 bits per heavy atom. The molecular formula is C19H24N2O3. The van der Waals surface area contributed by atoms with Crippen LogP contribution in [-0.2, 0) is 6.42 Å². The third-order valence-corrected chi connectivity index (χ3v) is 4.08. The zero-order valence-electron chi connectivity index (χ0n) is 14.7. The number of aromatic nitrogens is 1. The zero-order valence-corrected chi connectivity index (χ0v) is 14.7. The van der Waals surface area contributed by atoms with Crippen LogP contribution in [0.15, 0.2) is 24.3 Å². The molecule has 24 heavy (non-hydrogen) atoms. The number of methoxy groups -OCH3 is 1. The zero-order chi connectivity index (χ0) is 17.7. The van der Waals surface area contributed by atoms with Gasteiger partial charge < -0.3 is 15.0 Å². The van der Waals surface area contributed by atoms with Crippen LogP contribution in [0.25, 0.3) is 0 Å². The van der Waals surface area contributed by atoms with E-state index >= 15 is 0 Å². The molecule has 0 unspecified atom stereocenters. The Labute approximate surface area is 142 Å². The Bertz CT molecular complexity index is 747. The summed E-state index contributed by atoms with van der Waals surface area (Å²) >= 11 is 0. The van der Waals surface area contributed by atoms with Crippen molar-refractivity contribution in [3.63, 3.8) is 0 Å². The maximum atomic E-state index is 12.4. The summed E-state index contributed by atoms with van der Waals surface area (Å²) in [6.45, 7) is 5.68. The lowest BCUT2D eigenvalue weighted by Gasteiger charge is -2.07. The molecule has 1 aromatic heterocycles. The van der Waals surface area contributed by atoms with Gasteiger partial charge in [-0.15, -0.1) is 0 Å². The highest BCUT2D eigenvalue weighted by atomic mass is 16.5. The quantitative estimate of drug-likeness (QED) is 0.605. The molecule has 0 spiro atoms. The van der Waals surface area contributed by atoms with Crippen molar-refractivity contribution in [1.82, 2.24) is 10.3 Å². The van der Waals surface area contributed by atoms with Gasteiger partial charge in [-0.3, -0.25) is 9.59 Å². The topological polar surface area (TPSA) is 71.2 Å². The van der Waals surface area contributed by atoms with Gasteiger partial charge in [0.15, 0.2) is 5.78 Å². The van der Waals surface area contributed by atoms with Gasteiger partial charge in [0.05, 0.1) is 18.4 Å². The molecule has 0 saturated heterocycles. The normalized spacial score (nSPS) is 10.5. The predicted octanol–water partition coefficient (Wildman–Crippen LogP) is 3.21. The van der Waals surface area contributed by atoms with E-state index in [2.05, 4.69) is 10.3 Å². The Morgan fingerprint density at radius 1 is 1.25 bits per heavy atom. The van der Waals surface area contributed by atoms with Gasteiger partial charge in [0.2, 0.25) is 0 Å². The number of hydrogen-bond acceptors (Lipinski definition) is 3. The number of Topliss-reactive ketones (excluding diaryl/α,β-unsaturated/α-hetero) is 1. The number of H-pyrrole nitrogens is 1. The number of rotatable bonds is 7. The number of ketones is 1. The monoisotopic (exact) mass is 328 g/mol. The first kappa shape index (κ1) is 17.8. The highest BCUT2D eigenvalue weighted by Crippen LogP contribution is 2.18. The lowest BCUT2D eigenvalue weighted by Crippen LogP contribution is -2.25. The average Bonchev–Trinajstić information content (AvgIpc) is 2.86. The fourth-order valence-corrected chi connectivity index (χ4v) is 2.85. The minimum absolute atomic E-state index is 0.0623. The first-order chi connectivity index (χ1) is 11.4. The molecular weight excluding hydrogens is 304 g/mol. The van der Waals surface area contributed by atoms with Crippen LogP contribution in [0.5, 0.6) is 5.75 Å². The number of carbonyl (C=O) groups is 2. The van der Waals surface area contributed by atoms with Crippen LogP contribution in [0.4, 0.5) is 0 Å². The van der Waals surface area contributed by atoms with E-state index in [1.54, 1.807) is 14.0 Å². The van der Waals surface area contributed by atoms with Gasteiger partial charge in [0.25, 0.3) is 5.91 Å². The summed E-state index contributed by atoms with van der Waals surface area (Å²) < 4.78 is 5.20. The van der Waals surface area contributed by atoms with E-state index < -0.39 is 0 Å². The van der Waals surface area contributed by atoms with Gasteiger partial charge >= 0.3 is 0 Å². The summed E-state index contributed by atoms with van der Waals surface area (Å²) in [5, 5.41) is 2.93. The van der Waals surface area contributed by atoms with Gasteiger partial charge in [0.1, 0.15) is 5.75 Å². The first-order valence-corrected chi connectivity index (χ1v) is 8.05. The van der Waals surface area contributed by atoms with Gasteiger partial charge in [-0.25, -0.2) is 0 Å². The van der Waals surface area contributed by atoms with Crippen LogP contribution in [0.2, 0.25) is 0 Å².